The Hall–Kier alpha value is -1.33. The molecule has 0 aliphatic rings. The van der Waals surface area contributed by atoms with Crippen LogP contribution >= 0.6 is 11.8 Å². The van der Waals surface area contributed by atoms with Crippen molar-refractivity contribution in [3.05, 3.63) is 42.1 Å². The first-order valence-electron chi connectivity index (χ1n) is 5.79. The number of furan rings is 1. The van der Waals surface area contributed by atoms with E-state index in [9.17, 15) is 0 Å². The molecule has 0 spiro atoms. The summed E-state index contributed by atoms with van der Waals surface area (Å²) in [4.78, 5) is 10.8. The summed E-state index contributed by atoms with van der Waals surface area (Å²) in [5.41, 5.74) is 1.11. The number of nitrogens with zero attached hydrogens (tertiary/aromatic N) is 3. The molecule has 0 fully saturated rings. The van der Waals surface area contributed by atoms with Gasteiger partial charge in [-0.1, -0.05) is 11.8 Å². The highest BCUT2D eigenvalue weighted by Crippen LogP contribution is 2.20. The van der Waals surface area contributed by atoms with Gasteiger partial charge in [-0.2, -0.15) is 0 Å². The largest absolute Gasteiger partial charge is 0.468 e. The lowest BCUT2D eigenvalue weighted by Crippen LogP contribution is -2.21. The Morgan fingerprint density at radius 2 is 2.11 bits per heavy atom. The molecule has 0 aliphatic heterocycles. The molecular weight excluding hydrogens is 246 g/mol. The van der Waals surface area contributed by atoms with Gasteiger partial charge in [0.05, 0.1) is 12.3 Å². The summed E-state index contributed by atoms with van der Waals surface area (Å²) in [6.45, 7) is 2.92. The van der Waals surface area contributed by atoms with Gasteiger partial charge in [-0.15, -0.1) is 0 Å². The van der Waals surface area contributed by atoms with Crippen molar-refractivity contribution in [3.8, 4) is 0 Å². The van der Waals surface area contributed by atoms with Gasteiger partial charge in [0.15, 0.2) is 5.16 Å². The van der Waals surface area contributed by atoms with E-state index in [1.165, 1.54) is 0 Å². The Kier molecular flexibility index (Phi) is 4.38. The molecule has 0 aliphatic carbocycles. The number of hydrogen-bond acceptors (Lipinski definition) is 5. The molecule has 4 nitrogen and oxygen atoms in total. The predicted molar refractivity (Wildman–Crippen MR) is 72.4 cm³/mol. The van der Waals surface area contributed by atoms with Crippen molar-refractivity contribution in [3.63, 3.8) is 0 Å². The van der Waals surface area contributed by atoms with E-state index in [2.05, 4.69) is 28.8 Å². The molecule has 0 amide bonds. The fraction of sp³-hybridized carbons (Fsp3) is 0.385. The summed E-state index contributed by atoms with van der Waals surface area (Å²) in [6.07, 6.45) is 7.44. The first kappa shape index (κ1) is 13.1. The van der Waals surface area contributed by atoms with Crippen LogP contribution in [0.3, 0.4) is 0 Å². The second-order valence-electron chi connectivity index (χ2n) is 4.18. The standard InChI is InChI=1S/C13H17N3OS/c1-10(12-5-4-6-17-12)16(2)9-11-7-14-13(18-3)15-8-11/h4-8,10H,9H2,1-3H3/t10-/m1/s1. The smallest absolute Gasteiger partial charge is 0.187 e. The van der Waals surface area contributed by atoms with Crippen LogP contribution in [0.2, 0.25) is 0 Å². The summed E-state index contributed by atoms with van der Waals surface area (Å²) in [7, 11) is 2.07. The van der Waals surface area contributed by atoms with E-state index in [1.54, 1.807) is 18.0 Å². The number of thioether (sulfide) groups is 1. The Morgan fingerprint density at radius 3 is 2.67 bits per heavy atom. The van der Waals surface area contributed by atoms with Crippen molar-refractivity contribution < 1.29 is 4.42 Å². The molecule has 0 saturated carbocycles. The van der Waals surface area contributed by atoms with Crippen molar-refractivity contribution in [1.29, 1.82) is 0 Å². The average Bonchev–Trinajstić information content (AvgIpc) is 2.92. The Morgan fingerprint density at radius 1 is 1.39 bits per heavy atom. The first-order chi connectivity index (χ1) is 8.70. The maximum atomic E-state index is 5.41. The zero-order chi connectivity index (χ0) is 13.0. The van der Waals surface area contributed by atoms with Gasteiger partial charge in [0.2, 0.25) is 0 Å². The average molecular weight is 263 g/mol. The van der Waals surface area contributed by atoms with Gasteiger partial charge in [-0.3, -0.25) is 4.90 Å². The monoisotopic (exact) mass is 263 g/mol. The second-order valence-corrected chi connectivity index (χ2v) is 4.96. The lowest BCUT2D eigenvalue weighted by molar-refractivity contribution is 0.223. The van der Waals surface area contributed by atoms with Crippen LogP contribution in [0, 0.1) is 0 Å². The van der Waals surface area contributed by atoms with Crippen molar-refractivity contribution in [2.45, 2.75) is 24.7 Å². The molecule has 18 heavy (non-hydrogen) atoms. The lowest BCUT2D eigenvalue weighted by atomic mass is 10.2. The van der Waals surface area contributed by atoms with Gasteiger partial charge < -0.3 is 4.42 Å². The fourth-order valence-corrected chi connectivity index (χ4v) is 2.02. The number of hydrogen-bond donors (Lipinski definition) is 0. The molecule has 2 rings (SSSR count). The van der Waals surface area contributed by atoms with Crippen LogP contribution in [0.15, 0.2) is 40.4 Å². The van der Waals surface area contributed by atoms with E-state index in [1.807, 2.05) is 30.8 Å². The van der Waals surface area contributed by atoms with E-state index < -0.39 is 0 Å². The second kappa shape index (κ2) is 6.02. The predicted octanol–water partition coefficient (Wildman–Crippen LogP) is 2.98. The van der Waals surface area contributed by atoms with E-state index >= 15 is 0 Å². The zero-order valence-electron chi connectivity index (χ0n) is 10.8. The molecule has 2 aromatic rings. The summed E-state index contributed by atoms with van der Waals surface area (Å²) >= 11 is 1.55. The summed E-state index contributed by atoms with van der Waals surface area (Å²) < 4.78 is 5.41. The molecule has 0 radical (unpaired) electrons. The van der Waals surface area contributed by atoms with Gasteiger partial charge in [-0.25, -0.2) is 9.97 Å². The Bertz CT molecular complexity index is 469. The van der Waals surface area contributed by atoms with Gasteiger partial charge >= 0.3 is 0 Å². The van der Waals surface area contributed by atoms with Gasteiger partial charge in [0.1, 0.15) is 5.76 Å². The first-order valence-corrected chi connectivity index (χ1v) is 7.01. The van der Waals surface area contributed by atoms with Crippen LogP contribution in [0.5, 0.6) is 0 Å². The summed E-state index contributed by atoms with van der Waals surface area (Å²) in [5, 5.41) is 0.806. The van der Waals surface area contributed by atoms with Crippen LogP contribution in [-0.4, -0.2) is 28.2 Å². The van der Waals surface area contributed by atoms with Crippen LogP contribution in [0.1, 0.15) is 24.3 Å². The molecule has 1 atom stereocenters. The van der Waals surface area contributed by atoms with Crippen LogP contribution < -0.4 is 0 Å². The highest BCUT2D eigenvalue weighted by atomic mass is 32.2. The van der Waals surface area contributed by atoms with Crippen molar-refractivity contribution in [1.82, 2.24) is 14.9 Å². The van der Waals surface area contributed by atoms with Gasteiger partial charge in [0, 0.05) is 24.5 Å². The highest BCUT2D eigenvalue weighted by Gasteiger charge is 2.14. The quantitative estimate of drug-likeness (QED) is 0.613. The number of aromatic nitrogens is 2. The van der Waals surface area contributed by atoms with Gasteiger partial charge in [-0.05, 0) is 32.4 Å². The van der Waals surface area contributed by atoms with Crippen molar-refractivity contribution in [2.75, 3.05) is 13.3 Å². The van der Waals surface area contributed by atoms with E-state index in [0.717, 1.165) is 23.0 Å². The molecule has 0 unspecified atom stereocenters. The van der Waals surface area contributed by atoms with E-state index in [-0.39, 0.29) is 6.04 Å². The van der Waals surface area contributed by atoms with Crippen LogP contribution in [0.4, 0.5) is 0 Å². The van der Waals surface area contributed by atoms with Gasteiger partial charge in [0.25, 0.3) is 0 Å². The molecule has 2 aromatic heterocycles. The van der Waals surface area contributed by atoms with E-state index in [0.29, 0.717) is 0 Å². The molecule has 5 heteroatoms. The maximum Gasteiger partial charge on any atom is 0.187 e. The van der Waals surface area contributed by atoms with Crippen LogP contribution in [0.25, 0.3) is 0 Å². The molecule has 2 heterocycles. The summed E-state index contributed by atoms with van der Waals surface area (Å²) in [6, 6.07) is 4.14. The lowest BCUT2D eigenvalue weighted by Gasteiger charge is -2.22. The SMILES string of the molecule is CSc1ncc(CN(C)[C@H](C)c2ccco2)cn1. The Labute approximate surface area is 111 Å². The minimum atomic E-state index is 0.236. The molecule has 0 saturated heterocycles. The maximum absolute atomic E-state index is 5.41. The molecule has 0 bridgehead atoms. The third-order valence-electron chi connectivity index (χ3n) is 2.91. The third kappa shape index (κ3) is 3.11. The minimum absolute atomic E-state index is 0.236. The minimum Gasteiger partial charge on any atom is -0.468 e. The zero-order valence-corrected chi connectivity index (χ0v) is 11.6. The normalized spacial score (nSPS) is 12.9. The highest BCUT2D eigenvalue weighted by molar-refractivity contribution is 7.98. The summed E-state index contributed by atoms with van der Waals surface area (Å²) in [5.74, 6) is 0.971. The fourth-order valence-electron chi connectivity index (χ4n) is 1.70. The Balaban J connectivity index is 1.99. The van der Waals surface area contributed by atoms with Crippen LogP contribution in [-0.2, 0) is 6.54 Å². The molecule has 0 aromatic carbocycles. The number of rotatable bonds is 5. The molecular formula is C13H17N3OS. The topological polar surface area (TPSA) is 42.2 Å². The third-order valence-corrected chi connectivity index (χ3v) is 3.49. The van der Waals surface area contributed by atoms with E-state index in [4.69, 9.17) is 4.42 Å². The van der Waals surface area contributed by atoms with Crippen molar-refractivity contribution >= 4 is 11.8 Å². The van der Waals surface area contributed by atoms with Crippen molar-refractivity contribution in [2.24, 2.45) is 0 Å². The molecule has 0 N–H and O–H groups in total. The molecule has 96 valence electrons.